The molecule has 0 amide bonds. The van der Waals surface area contributed by atoms with Gasteiger partial charge in [-0.3, -0.25) is 4.68 Å². The summed E-state index contributed by atoms with van der Waals surface area (Å²) in [5.41, 5.74) is 0.215. The normalized spacial score (nSPS) is 20.8. The van der Waals surface area contributed by atoms with E-state index in [1.165, 1.54) is 6.20 Å². The molecule has 2 aromatic rings. The third-order valence-electron chi connectivity index (χ3n) is 6.11. The molecule has 2 aliphatic rings. The van der Waals surface area contributed by atoms with Gasteiger partial charge in [-0.1, -0.05) is 0 Å². The van der Waals surface area contributed by atoms with E-state index in [1.54, 1.807) is 15.2 Å². The van der Waals surface area contributed by atoms with Crippen molar-refractivity contribution in [1.29, 1.82) is 0 Å². The van der Waals surface area contributed by atoms with Crippen molar-refractivity contribution in [2.45, 2.75) is 63.9 Å². The Morgan fingerprint density at radius 3 is 2.54 bits per heavy atom. The zero-order valence-electron chi connectivity index (χ0n) is 15.4. The van der Waals surface area contributed by atoms with Crippen LogP contribution in [0.5, 0.6) is 0 Å². The Morgan fingerprint density at radius 2 is 1.85 bits per heavy atom. The first kappa shape index (κ1) is 17.7. The second-order valence-electron chi connectivity index (χ2n) is 7.50. The Bertz CT molecular complexity index is 892. The molecule has 142 valence electrons. The highest BCUT2D eigenvalue weighted by Gasteiger charge is 2.40. The Labute approximate surface area is 154 Å². The molecule has 1 saturated heterocycles. The molecule has 0 bridgehead atoms. The van der Waals surface area contributed by atoms with E-state index in [2.05, 4.69) is 19.9 Å². The van der Waals surface area contributed by atoms with Gasteiger partial charge in [-0.15, -0.1) is 10.2 Å². The Kier molecular flexibility index (Phi) is 4.38. The summed E-state index contributed by atoms with van der Waals surface area (Å²) in [5, 5.41) is 12.6. The van der Waals surface area contributed by atoms with Crippen LogP contribution in [0.2, 0.25) is 0 Å². The van der Waals surface area contributed by atoms with Gasteiger partial charge in [0.2, 0.25) is 10.0 Å². The number of aromatic nitrogens is 5. The average molecular weight is 379 g/mol. The molecule has 26 heavy (non-hydrogen) atoms. The van der Waals surface area contributed by atoms with E-state index < -0.39 is 10.0 Å². The van der Waals surface area contributed by atoms with Crippen LogP contribution in [0.15, 0.2) is 17.3 Å². The molecule has 8 nitrogen and oxygen atoms in total. The van der Waals surface area contributed by atoms with Crippen LogP contribution in [0.3, 0.4) is 0 Å². The van der Waals surface area contributed by atoms with Gasteiger partial charge in [-0.05, 0) is 44.9 Å². The SMILES string of the molecule is CCn1cc(S(=O)(=O)N2CCC3(CCc4nnc(C)n4CC3)CC2)cn1. The van der Waals surface area contributed by atoms with Gasteiger partial charge in [-0.2, -0.15) is 9.40 Å². The van der Waals surface area contributed by atoms with Crippen LogP contribution < -0.4 is 0 Å². The van der Waals surface area contributed by atoms with Crippen LogP contribution in [0, 0.1) is 12.3 Å². The van der Waals surface area contributed by atoms with Gasteiger partial charge in [0.1, 0.15) is 16.5 Å². The van der Waals surface area contributed by atoms with Crippen molar-refractivity contribution in [3.8, 4) is 0 Å². The summed E-state index contributed by atoms with van der Waals surface area (Å²) in [7, 11) is -3.44. The largest absolute Gasteiger partial charge is 0.315 e. The van der Waals surface area contributed by atoms with E-state index in [9.17, 15) is 8.42 Å². The number of hydrogen-bond donors (Lipinski definition) is 0. The number of nitrogens with zero attached hydrogens (tertiary/aromatic N) is 6. The summed E-state index contributed by atoms with van der Waals surface area (Å²) in [6.07, 6.45) is 7.96. The minimum absolute atomic E-state index is 0.215. The fourth-order valence-corrected chi connectivity index (χ4v) is 5.65. The van der Waals surface area contributed by atoms with Gasteiger partial charge in [0, 0.05) is 38.8 Å². The number of sulfonamides is 1. The summed E-state index contributed by atoms with van der Waals surface area (Å²) in [6.45, 7) is 6.71. The lowest BCUT2D eigenvalue weighted by atomic mass is 9.73. The molecule has 4 heterocycles. The molecular formula is C17H26N6O2S. The average Bonchev–Trinajstić information content (AvgIpc) is 3.22. The molecule has 9 heteroatoms. The highest BCUT2D eigenvalue weighted by molar-refractivity contribution is 7.89. The lowest BCUT2D eigenvalue weighted by Gasteiger charge is -2.40. The molecule has 1 spiro atoms. The van der Waals surface area contributed by atoms with Gasteiger partial charge in [0.05, 0.1) is 6.20 Å². The monoisotopic (exact) mass is 378 g/mol. The van der Waals surface area contributed by atoms with Crippen LogP contribution in [0.4, 0.5) is 0 Å². The van der Waals surface area contributed by atoms with E-state index in [1.807, 2.05) is 13.8 Å². The maximum absolute atomic E-state index is 12.9. The molecule has 0 unspecified atom stereocenters. The quantitative estimate of drug-likeness (QED) is 0.810. The van der Waals surface area contributed by atoms with Crippen LogP contribution in [-0.4, -0.2) is 50.4 Å². The van der Waals surface area contributed by atoms with Gasteiger partial charge in [0.25, 0.3) is 0 Å². The van der Waals surface area contributed by atoms with Gasteiger partial charge < -0.3 is 4.57 Å². The van der Waals surface area contributed by atoms with Crippen molar-refractivity contribution in [3.05, 3.63) is 24.0 Å². The molecule has 0 atom stereocenters. The summed E-state index contributed by atoms with van der Waals surface area (Å²) < 4.78 is 31.3. The molecular weight excluding hydrogens is 352 g/mol. The first-order valence-electron chi connectivity index (χ1n) is 9.35. The Hall–Kier alpha value is -1.74. The molecule has 2 aliphatic heterocycles. The standard InChI is InChI=1S/C17H26N6O2S/c1-3-21-13-15(12-18-21)26(24,25)22-9-6-17(7-10-22)5-4-16-20-19-14(2)23(16)11-8-17/h12-13H,3-11H2,1-2H3. The first-order valence-corrected chi connectivity index (χ1v) is 10.8. The van der Waals surface area contributed by atoms with E-state index in [-0.39, 0.29) is 5.41 Å². The van der Waals surface area contributed by atoms with Crippen molar-refractivity contribution in [1.82, 2.24) is 28.9 Å². The molecule has 0 aromatic carbocycles. The number of piperidine rings is 1. The van der Waals surface area contributed by atoms with E-state index in [0.717, 1.165) is 50.3 Å². The minimum Gasteiger partial charge on any atom is -0.315 e. The molecule has 0 saturated carbocycles. The summed E-state index contributed by atoms with van der Waals surface area (Å²) in [6, 6.07) is 0. The maximum atomic E-state index is 12.9. The maximum Gasteiger partial charge on any atom is 0.246 e. The van der Waals surface area contributed by atoms with Crippen molar-refractivity contribution in [2.24, 2.45) is 5.41 Å². The fraction of sp³-hybridized carbons (Fsp3) is 0.706. The fourth-order valence-electron chi connectivity index (χ4n) is 4.25. The van der Waals surface area contributed by atoms with Crippen LogP contribution in [-0.2, 0) is 29.5 Å². The smallest absolute Gasteiger partial charge is 0.246 e. The van der Waals surface area contributed by atoms with Crippen molar-refractivity contribution < 1.29 is 8.42 Å². The van der Waals surface area contributed by atoms with Gasteiger partial charge >= 0.3 is 0 Å². The zero-order valence-corrected chi connectivity index (χ0v) is 16.2. The Morgan fingerprint density at radius 1 is 1.12 bits per heavy atom. The summed E-state index contributed by atoms with van der Waals surface area (Å²) in [4.78, 5) is 0.304. The predicted octanol–water partition coefficient (Wildman–Crippen LogP) is 1.61. The molecule has 1 fully saturated rings. The van der Waals surface area contributed by atoms with Crippen molar-refractivity contribution in [3.63, 3.8) is 0 Å². The number of aryl methyl sites for hydroxylation is 3. The van der Waals surface area contributed by atoms with Crippen molar-refractivity contribution >= 4 is 10.0 Å². The highest BCUT2D eigenvalue weighted by atomic mass is 32.2. The molecule has 0 N–H and O–H groups in total. The lowest BCUT2D eigenvalue weighted by Crippen LogP contribution is -2.43. The summed E-state index contributed by atoms with van der Waals surface area (Å²) >= 11 is 0. The van der Waals surface area contributed by atoms with Gasteiger partial charge in [0.15, 0.2) is 0 Å². The van der Waals surface area contributed by atoms with Crippen LogP contribution in [0.25, 0.3) is 0 Å². The van der Waals surface area contributed by atoms with E-state index in [0.29, 0.717) is 24.5 Å². The third-order valence-corrected chi connectivity index (χ3v) is 7.96. The predicted molar refractivity (Wildman–Crippen MR) is 96.0 cm³/mol. The van der Waals surface area contributed by atoms with Crippen LogP contribution >= 0.6 is 0 Å². The molecule has 2 aromatic heterocycles. The Balaban J connectivity index is 1.45. The second-order valence-corrected chi connectivity index (χ2v) is 9.44. The summed E-state index contributed by atoms with van der Waals surface area (Å²) in [5.74, 6) is 2.05. The van der Waals surface area contributed by atoms with Crippen LogP contribution in [0.1, 0.15) is 44.3 Å². The third kappa shape index (κ3) is 2.96. The van der Waals surface area contributed by atoms with E-state index in [4.69, 9.17) is 0 Å². The minimum atomic E-state index is -3.44. The topological polar surface area (TPSA) is 85.9 Å². The zero-order chi connectivity index (χ0) is 18.4. The first-order chi connectivity index (χ1) is 12.4. The molecule has 0 aliphatic carbocycles. The van der Waals surface area contributed by atoms with Crippen molar-refractivity contribution in [2.75, 3.05) is 13.1 Å². The number of fused-ring (bicyclic) bond motifs is 1. The van der Waals surface area contributed by atoms with E-state index >= 15 is 0 Å². The molecule has 0 radical (unpaired) electrons. The second kappa shape index (κ2) is 6.45. The van der Waals surface area contributed by atoms with Gasteiger partial charge in [-0.25, -0.2) is 8.42 Å². The lowest BCUT2D eigenvalue weighted by molar-refractivity contribution is 0.129. The number of hydrogen-bond acceptors (Lipinski definition) is 5. The number of rotatable bonds is 3. The highest BCUT2D eigenvalue weighted by Crippen LogP contribution is 2.42. The molecule has 4 rings (SSSR count).